The van der Waals surface area contributed by atoms with E-state index in [-0.39, 0.29) is 0 Å². The minimum absolute atomic E-state index is 0.734. The molecule has 0 radical (unpaired) electrons. The van der Waals surface area contributed by atoms with E-state index in [9.17, 15) is 0 Å². The third-order valence-electron chi connectivity index (χ3n) is 4.06. The first-order chi connectivity index (χ1) is 10.2. The molecule has 0 aliphatic carbocycles. The Kier molecular flexibility index (Phi) is 6.51. The Morgan fingerprint density at radius 1 is 1.48 bits per heavy atom. The molecule has 1 aliphatic rings. The van der Waals surface area contributed by atoms with Gasteiger partial charge in [0.05, 0.1) is 5.69 Å². The number of piperidine rings is 1. The predicted octanol–water partition coefficient (Wildman–Crippen LogP) is 2.37. The lowest BCUT2D eigenvalue weighted by Gasteiger charge is -2.29. The fourth-order valence-corrected chi connectivity index (χ4v) is 3.02. The summed E-state index contributed by atoms with van der Waals surface area (Å²) < 4.78 is 7.63. The highest BCUT2D eigenvalue weighted by Gasteiger charge is 2.17. The zero-order chi connectivity index (χ0) is 15.1. The second-order valence-corrected chi connectivity index (χ2v) is 6.10. The van der Waals surface area contributed by atoms with Gasteiger partial charge in [-0.1, -0.05) is 0 Å². The van der Waals surface area contributed by atoms with Gasteiger partial charge in [-0.05, 0) is 52.6 Å². The molecule has 1 unspecified atom stereocenters. The second-order valence-electron chi connectivity index (χ2n) is 6.10. The van der Waals surface area contributed by atoms with E-state index in [1.54, 1.807) is 0 Å². The molecule has 2 rings (SSSR count). The zero-order valence-corrected chi connectivity index (χ0v) is 13.8. The average Bonchev–Trinajstić information content (AvgIpc) is 2.82. The van der Waals surface area contributed by atoms with Crippen molar-refractivity contribution in [2.24, 2.45) is 5.92 Å². The smallest absolute Gasteiger partial charge is 0.203 e. The standard InChI is InChI=1S/C16H30N4O/c1-4-21-10-6-9-20-12-14(2)18-16(20)17-11-15-7-5-8-19(3)13-15/h12,15H,4-11,13H2,1-3H3,(H,17,18). The van der Waals surface area contributed by atoms with E-state index in [2.05, 4.69) is 39.9 Å². The van der Waals surface area contributed by atoms with Crippen LogP contribution < -0.4 is 5.32 Å². The van der Waals surface area contributed by atoms with Gasteiger partial charge in [0.25, 0.3) is 0 Å². The highest BCUT2D eigenvalue weighted by molar-refractivity contribution is 5.28. The Morgan fingerprint density at radius 3 is 3.10 bits per heavy atom. The molecule has 1 N–H and O–H groups in total. The maximum absolute atomic E-state index is 5.41. The number of imidazole rings is 1. The van der Waals surface area contributed by atoms with E-state index in [0.717, 1.165) is 50.3 Å². The SMILES string of the molecule is CCOCCCn1cc(C)nc1NCC1CCCN(C)C1. The molecule has 1 aliphatic heterocycles. The van der Waals surface area contributed by atoms with E-state index in [1.807, 2.05) is 6.92 Å². The highest BCUT2D eigenvalue weighted by atomic mass is 16.5. The van der Waals surface area contributed by atoms with Crippen LogP contribution in [0.2, 0.25) is 0 Å². The Morgan fingerprint density at radius 2 is 2.33 bits per heavy atom. The van der Waals surface area contributed by atoms with Gasteiger partial charge >= 0.3 is 0 Å². The molecule has 1 saturated heterocycles. The second kappa shape index (κ2) is 8.39. The fourth-order valence-electron chi connectivity index (χ4n) is 3.02. The first kappa shape index (κ1) is 16.3. The Bertz CT molecular complexity index is 418. The molecule has 1 aromatic rings. The topological polar surface area (TPSA) is 42.3 Å². The van der Waals surface area contributed by atoms with Gasteiger partial charge in [0.15, 0.2) is 0 Å². The minimum atomic E-state index is 0.734. The quantitative estimate of drug-likeness (QED) is 0.748. The van der Waals surface area contributed by atoms with Crippen molar-refractivity contribution < 1.29 is 4.74 Å². The molecule has 5 heteroatoms. The van der Waals surface area contributed by atoms with Gasteiger partial charge in [-0.15, -0.1) is 0 Å². The van der Waals surface area contributed by atoms with Gasteiger partial charge in [0, 0.05) is 39.0 Å². The van der Waals surface area contributed by atoms with E-state index in [0.29, 0.717) is 0 Å². The number of anilines is 1. The van der Waals surface area contributed by atoms with E-state index >= 15 is 0 Å². The lowest BCUT2D eigenvalue weighted by Crippen LogP contribution is -2.35. The van der Waals surface area contributed by atoms with E-state index in [4.69, 9.17) is 4.74 Å². The van der Waals surface area contributed by atoms with Crippen LogP contribution in [-0.2, 0) is 11.3 Å². The van der Waals surface area contributed by atoms with Crippen LogP contribution in [0.5, 0.6) is 0 Å². The number of hydrogen-bond acceptors (Lipinski definition) is 4. The van der Waals surface area contributed by atoms with Crippen LogP contribution in [0.15, 0.2) is 6.20 Å². The molecule has 0 saturated carbocycles. The summed E-state index contributed by atoms with van der Waals surface area (Å²) in [5.41, 5.74) is 1.08. The number of aryl methyl sites for hydroxylation is 2. The number of likely N-dealkylation sites (tertiary alicyclic amines) is 1. The first-order valence-corrected chi connectivity index (χ1v) is 8.23. The summed E-state index contributed by atoms with van der Waals surface area (Å²) in [5.74, 6) is 1.75. The molecule has 2 heterocycles. The molecule has 120 valence electrons. The predicted molar refractivity (Wildman–Crippen MR) is 86.8 cm³/mol. The van der Waals surface area contributed by atoms with Crippen molar-refractivity contribution in [3.8, 4) is 0 Å². The van der Waals surface area contributed by atoms with Crippen LogP contribution in [0.1, 0.15) is 31.9 Å². The number of nitrogens with one attached hydrogen (secondary N) is 1. The summed E-state index contributed by atoms with van der Waals surface area (Å²) in [6.45, 7) is 10.1. The Labute approximate surface area is 128 Å². The number of aromatic nitrogens is 2. The van der Waals surface area contributed by atoms with Crippen LogP contribution in [0.25, 0.3) is 0 Å². The molecule has 0 spiro atoms. The zero-order valence-electron chi connectivity index (χ0n) is 13.8. The van der Waals surface area contributed by atoms with Gasteiger partial charge in [-0.25, -0.2) is 4.98 Å². The third kappa shape index (κ3) is 5.32. The van der Waals surface area contributed by atoms with Crippen molar-refractivity contribution in [1.29, 1.82) is 0 Å². The molecule has 1 atom stereocenters. The Hall–Kier alpha value is -1.07. The van der Waals surface area contributed by atoms with Crippen LogP contribution in [0.3, 0.4) is 0 Å². The molecule has 0 bridgehead atoms. The van der Waals surface area contributed by atoms with Gasteiger partial charge in [-0.3, -0.25) is 0 Å². The molecule has 5 nitrogen and oxygen atoms in total. The van der Waals surface area contributed by atoms with Crippen molar-refractivity contribution >= 4 is 5.95 Å². The average molecular weight is 294 g/mol. The summed E-state index contributed by atoms with van der Waals surface area (Å²) in [6.07, 6.45) is 5.79. The summed E-state index contributed by atoms with van der Waals surface area (Å²) in [4.78, 5) is 7.04. The molecule has 0 amide bonds. The van der Waals surface area contributed by atoms with Gasteiger partial charge in [0.2, 0.25) is 5.95 Å². The molecular formula is C16H30N4O. The van der Waals surface area contributed by atoms with Crippen molar-refractivity contribution in [2.45, 2.75) is 39.7 Å². The summed E-state index contributed by atoms with van der Waals surface area (Å²) in [6, 6.07) is 0. The van der Waals surface area contributed by atoms with Crippen LogP contribution in [0, 0.1) is 12.8 Å². The largest absolute Gasteiger partial charge is 0.382 e. The third-order valence-corrected chi connectivity index (χ3v) is 4.06. The molecule has 21 heavy (non-hydrogen) atoms. The summed E-state index contributed by atoms with van der Waals surface area (Å²) in [5, 5.41) is 3.55. The normalized spacial score (nSPS) is 19.9. The molecule has 1 aromatic heterocycles. The molecule has 0 aromatic carbocycles. The Balaban J connectivity index is 1.81. The van der Waals surface area contributed by atoms with Crippen molar-refractivity contribution in [2.75, 3.05) is 45.2 Å². The van der Waals surface area contributed by atoms with Crippen LogP contribution >= 0.6 is 0 Å². The highest BCUT2D eigenvalue weighted by Crippen LogP contribution is 2.16. The van der Waals surface area contributed by atoms with Gasteiger partial charge < -0.3 is 19.5 Å². The molecular weight excluding hydrogens is 264 g/mol. The van der Waals surface area contributed by atoms with Crippen LogP contribution in [0.4, 0.5) is 5.95 Å². The van der Waals surface area contributed by atoms with E-state index < -0.39 is 0 Å². The first-order valence-electron chi connectivity index (χ1n) is 8.23. The van der Waals surface area contributed by atoms with Crippen LogP contribution in [-0.4, -0.2) is 54.3 Å². The number of nitrogens with zero attached hydrogens (tertiary/aromatic N) is 3. The van der Waals surface area contributed by atoms with Gasteiger partial charge in [-0.2, -0.15) is 0 Å². The lowest BCUT2D eigenvalue weighted by molar-refractivity contribution is 0.142. The summed E-state index contributed by atoms with van der Waals surface area (Å²) >= 11 is 0. The monoisotopic (exact) mass is 294 g/mol. The van der Waals surface area contributed by atoms with Gasteiger partial charge in [0.1, 0.15) is 0 Å². The summed E-state index contributed by atoms with van der Waals surface area (Å²) in [7, 11) is 2.21. The van der Waals surface area contributed by atoms with Crippen molar-refractivity contribution in [3.63, 3.8) is 0 Å². The lowest BCUT2D eigenvalue weighted by atomic mass is 9.99. The number of ether oxygens (including phenoxy) is 1. The van der Waals surface area contributed by atoms with Crippen molar-refractivity contribution in [3.05, 3.63) is 11.9 Å². The minimum Gasteiger partial charge on any atom is -0.382 e. The maximum Gasteiger partial charge on any atom is 0.203 e. The van der Waals surface area contributed by atoms with Crippen molar-refractivity contribution in [1.82, 2.24) is 14.5 Å². The van der Waals surface area contributed by atoms with E-state index in [1.165, 1.54) is 25.9 Å². The molecule has 1 fully saturated rings. The number of hydrogen-bond donors (Lipinski definition) is 1. The fraction of sp³-hybridized carbons (Fsp3) is 0.812. The maximum atomic E-state index is 5.41. The number of rotatable bonds is 8.